The summed E-state index contributed by atoms with van der Waals surface area (Å²) in [5.74, 6) is -2.09. The Morgan fingerprint density at radius 2 is 1.85 bits per heavy atom. The largest absolute Gasteiger partial charge is 0.481 e. The Hall–Kier alpha value is -1.43. The number of rotatable bonds is 7. The van der Waals surface area contributed by atoms with Crippen molar-refractivity contribution in [2.75, 3.05) is 19.6 Å². The molecule has 0 rings (SSSR count). The molecule has 0 unspecified atom stereocenters. The lowest BCUT2D eigenvalue weighted by atomic mass is 10.3. The van der Waals surface area contributed by atoms with Gasteiger partial charge in [0, 0.05) is 6.54 Å². The smallest absolute Gasteiger partial charge is 0.317 e. The second kappa shape index (κ2) is 6.13. The zero-order valence-corrected chi connectivity index (χ0v) is 6.97. The van der Waals surface area contributed by atoms with Gasteiger partial charge in [0.1, 0.15) is 6.29 Å². The number of carboxylic acids is 2. The van der Waals surface area contributed by atoms with E-state index in [1.807, 2.05) is 0 Å². The van der Waals surface area contributed by atoms with Gasteiger partial charge in [-0.15, -0.1) is 0 Å². The first-order valence-corrected chi connectivity index (χ1v) is 3.66. The van der Waals surface area contributed by atoms with E-state index in [0.717, 1.165) is 0 Å². The van der Waals surface area contributed by atoms with E-state index in [2.05, 4.69) is 0 Å². The van der Waals surface area contributed by atoms with E-state index >= 15 is 0 Å². The number of nitrogens with zero attached hydrogens (tertiary/aromatic N) is 1. The van der Waals surface area contributed by atoms with Crippen molar-refractivity contribution in [3.63, 3.8) is 0 Å². The fourth-order valence-corrected chi connectivity index (χ4v) is 0.785. The van der Waals surface area contributed by atoms with Crippen molar-refractivity contribution in [1.82, 2.24) is 4.90 Å². The van der Waals surface area contributed by atoms with Crippen LogP contribution in [0.4, 0.5) is 0 Å². The molecule has 13 heavy (non-hydrogen) atoms. The molecule has 0 aliphatic rings. The Labute approximate surface area is 74.8 Å². The maximum Gasteiger partial charge on any atom is 0.317 e. The second-order valence-electron chi connectivity index (χ2n) is 2.44. The Morgan fingerprint density at radius 1 is 1.23 bits per heavy atom. The summed E-state index contributed by atoms with van der Waals surface area (Å²) < 4.78 is 0. The fraction of sp³-hybridized carbons (Fsp3) is 0.571. The third-order valence-corrected chi connectivity index (χ3v) is 1.33. The van der Waals surface area contributed by atoms with Crippen LogP contribution in [0.25, 0.3) is 0 Å². The molecule has 0 amide bonds. The SMILES string of the molecule is O=CCN(CCC(=O)O)CC(=O)O. The molecule has 0 aromatic heterocycles. The molecule has 0 aromatic carbocycles. The normalized spacial score (nSPS) is 9.92. The number of carboxylic acid groups (broad SMARTS) is 2. The third-order valence-electron chi connectivity index (χ3n) is 1.33. The predicted octanol–water partition coefficient (Wildman–Crippen LogP) is -0.953. The molecule has 0 heterocycles. The van der Waals surface area contributed by atoms with E-state index in [9.17, 15) is 14.4 Å². The van der Waals surface area contributed by atoms with E-state index in [-0.39, 0.29) is 26.1 Å². The van der Waals surface area contributed by atoms with Gasteiger partial charge in [0.15, 0.2) is 0 Å². The van der Waals surface area contributed by atoms with Crippen LogP contribution in [-0.2, 0) is 14.4 Å². The maximum atomic E-state index is 10.2. The summed E-state index contributed by atoms with van der Waals surface area (Å²) >= 11 is 0. The van der Waals surface area contributed by atoms with Crippen molar-refractivity contribution in [2.45, 2.75) is 6.42 Å². The van der Waals surface area contributed by atoms with Gasteiger partial charge in [0.05, 0.1) is 19.5 Å². The molecule has 0 fully saturated rings. The zero-order chi connectivity index (χ0) is 10.3. The molecule has 0 atom stereocenters. The number of carbonyl (C=O) groups excluding carboxylic acids is 1. The molecule has 0 saturated heterocycles. The van der Waals surface area contributed by atoms with Crippen molar-refractivity contribution >= 4 is 18.2 Å². The van der Waals surface area contributed by atoms with Gasteiger partial charge in [-0.2, -0.15) is 0 Å². The van der Waals surface area contributed by atoms with Crippen molar-refractivity contribution in [3.05, 3.63) is 0 Å². The molecule has 0 aliphatic heterocycles. The average molecular weight is 189 g/mol. The fourth-order valence-electron chi connectivity index (χ4n) is 0.785. The molecule has 0 saturated carbocycles. The molecule has 0 bridgehead atoms. The highest BCUT2D eigenvalue weighted by molar-refractivity contribution is 5.70. The van der Waals surface area contributed by atoms with Crippen LogP contribution in [0, 0.1) is 0 Å². The molecule has 6 nitrogen and oxygen atoms in total. The van der Waals surface area contributed by atoms with Crippen LogP contribution in [0.3, 0.4) is 0 Å². The van der Waals surface area contributed by atoms with E-state index in [1.54, 1.807) is 0 Å². The van der Waals surface area contributed by atoms with Gasteiger partial charge in [-0.1, -0.05) is 0 Å². The van der Waals surface area contributed by atoms with E-state index in [0.29, 0.717) is 6.29 Å². The van der Waals surface area contributed by atoms with Crippen molar-refractivity contribution in [2.24, 2.45) is 0 Å². The molecule has 0 aromatic rings. The van der Waals surface area contributed by atoms with E-state index in [4.69, 9.17) is 10.2 Å². The Balaban J connectivity index is 3.85. The first-order valence-electron chi connectivity index (χ1n) is 3.66. The van der Waals surface area contributed by atoms with Crippen molar-refractivity contribution in [3.8, 4) is 0 Å². The van der Waals surface area contributed by atoms with Gasteiger partial charge in [-0.05, 0) is 0 Å². The molecule has 0 aliphatic carbocycles. The van der Waals surface area contributed by atoms with Crippen LogP contribution in [-0.4, -0.2) is 53.0 Å². The van der Waals surface area contributed by atoms with Crippen molar-refractivity contribution in [1.29, 1.82) is 0 Å². The average Bonchev–Trinajstić information content (AvgIpc) is 1.99. The molecule has 2 N–H and O–H groups in total. The van der Waals surface area contributed by atoms with Gasteiger partial charge in [0.2, 0.25) is 0 Å². The lowest BCUT2D eigenvalue weighted by molar-refractivity contribution is -0.141. The summed E-state index contributed by atoms with van der Waals surface area (Å²) in [4.78, 5) is 31.7. The lowest BCUT2D eigenvalue weighted by Gasteiger charge is -2.15. The Kier molecular flexibility index (Phi) is 5.45. The standard InChI is InChI=1S/C7H11NO5/c9-4-3-8(5-7(12)13)2-1-6(10)11/h4H,1-3,5H2,(H,10,11)(H,12,13). The molecule has 0 spiro atoms. The minimum atomic E-state index is -1.08. The van der Waals surface area contributed by atoms with Crippen LogP contribution in [0.1, 0.15) is 6.42 Å². The summed E-state index contributed by atoms with van der Waals surface area (Å²) in [6.45, 7) is -0.300. The summed E-state index contributed by atoms with van der Waals surface area (Å²) in [5.41, 5.74) is 0. The highest BCUT2D eigenvalue weighted by Gasteiger charge is 2.10. The van der Waals surface area contributed by atoms with Gasteiger partial charge < -0.3 is 15.0 Å². The van der Waals surface area contributed by atoms with E-state index < -0.39 is 11.9 Å². The number of hydrogen-bond donors (Lipinski definition) is 2. The topological polar surface area (TPSA) is 94.9 Å². The summed E-state index contributed by atoms with van der Waals surface area (Å²) in [7, 11) is 0. The van der Waals surface area contributed by atoms with Crippen LogP contribution in [0.5, 0.6) is 0 Å². The summed E-state index contributed by atoms with van der Waals surface area (Å²) in [6.07, 6.45) is 0.381. The minimum Gasteiger partial charge on any atom is -0.481 e. The number of hydrogen-bond acceptors (Lipinski definition) is 4. The van der Waals surface area contributed by atoms with Gasteiger partial charge in [-0.25, -0.2) is 0 Å². The van der Waals surface area contributed by atoms with Gasteiger partial charge >= 0.3 is 11.9 Å². The number of carbonyl (C=O) groups is 3. The molecule has 0 radical (unpaired) electrons. The monoisotopic (exact) mass is 189 g/mol. The van der Waals surface area contributed by atoms with Crippen LogP contribution < -0.4 is 0 Å². The lowest BCUT2D eigenvalue weighted by Crippen LogP contribution is -2.33. The number of aldehydes is 1. The number of aliphatic carboxylic acids is 2. The van der Waals surface area contributed by atoms with E-state index in [1.165, 1.54) is 4.90 Å². The molecule has 6 heteroatoms. The Morgan fingerprint density at radius 3 is 2.23 bits per heavy atom. The third kappa shape index (κ3) is 6.95. The quantitative estimate of drug-likeness (QED) is 0.501. The summed E-state index contributed by atoms with van der Waals surface area (Å²) in [6, 6.07) is 0. The van der Waals surface area contributed by atoms with Crippen LogP contribution in [0.2, 0.25) is 0 Å². The highest BCUT2D eigenvalue weighted by atomic mass is 16.4. The van der Waals surface area contributed by atoms with Crippen molar-refractivity contribution < 1.29 is 24.6 Å². The zero-order valence-electron chi connectivity index (χ0n) is 6.97. The van der Waals surface area contributed by atoms with Crippen LogP contribution >= 0.6 is 0 Å². The Bertz CT molecular complexity index is 203. The van der Waals surface area contributed by atoms with Gasteiger partial charge in [0.25, 0.3) is 0 Å². The predicted molar refractivity (Wildman–Crippen MR) is 42.4 cm³/mol. The summed E-state index contributed by atoms with van der Waals surface area (Å²) in [5, 5.41) is 16.7. The highest BCUT2D eigenvalue weighted by Crippen LogP contribution is 1.90. The first kappa shape index (κ1) is 11.6. The molecule has 74 valence electrons. The first-order chi connectivity index (χ1) is 6.06. The molecular weight excluding hydrogens is 178 g/mol. The maximum absolute atomic E-state index is 10.2. The van der Waals surface area contributed by atoms with Crippen LogP contribution in [0.15, 0.2) is 0 Å². The minimum absolute atomic E-state index is 0.0560. The van der Waals surface area contributed by atoms with Gasteiger partial charge in [-0.3, -0.25) is 14.5 Å². The second-order valence-corrected chi connectivity index (χ2v) is 2.44. The molecular formula is C7H11NO5.